The van der Waals surface area contributed by atoms with Crippen LogP contribution < -0.4 is 0 Å². The number of nitrogens with zero attached hydrogens (tertiary/aromatic N) is 2. The van der Waals surface area contributed by atoms with Crippen molar-refractivity contribution in [2.45, 2.75) is 38.8 Å². The number of benzene rings is 4. The highest BCUT2D eigenvalue weighted by molar-refractivity contribution is 8.15. The van der Waals surface area contributed by atoms with Gasteiger partial charge in [-0.15, -0.1) is 23.5 Å². The third kappa shape index (κ3) is 5.39. The lowest BCUT2D eigenvalue weighted by Gasteiger charge is -2.12. The Morgan fingerprint density at radius 3 is 1.13 bits per heavy atom. The SMILES string of the molecule is CC1(C)CSC(c2ccc(-c3cc(-c4ccccc4)cc(-c4ccc(C5=NC(C)(C)CS5)cc4)c3)cc2)=N1. The molecule has 190 valence electrons. The van der Waals surface area contributed by atoms with E-state index in [9.17, 15) is 0 Å². The smallest absolute Gasteiger partial charge is 0.0984 e. The van der Waals surface area contributed by atoms with Crippen LogP contribution in [0.15, 0.2) is 107 Å². The van der Waals surface area contributed by atoms with Crippen LogP contribution in [0.2, 0.25) is 0 Å². The maximum atomic E-state index is 4.91. The Balaban J connectivity index is 1.37. The second-order valence-corrected chi connectivity index (χ2v) is 13.3. The lowest BCUT2D eigenvalue weighted by Crippen LogP contribution is -2.15. The molecule has 0 fully saturated rings. The first-order valence-electron chi connectivity index (χ1n) is 13.1. The first-order valence-corrected chi connectivity index (χ1v) is 15.1. The van der Waals surface area contributed by atoms with E-state index in [1.807, 2.05) is 23.5 Å². The summed E-state index contributed by atoms with van der Waals surface area (Å²) in [6.45, 7) is 8.80. The first kappa shape index (κ1) is 25.2. The highest BCUT2D eigenvalue weighted by Gasteiger charge is 2.27. The van der Waals surface area contributed by atoms with Crippen molar-refractivity contribution >= 4 is 33.6 Å². The molecule has 2 aliphatic rings. The van der Waals surface area contributed by atoms with Crippen LogP contribution in [0.3, 0.4) is 0 Å². The van der Waals surface area contributed by atoms with Gasteiger partial charge in [-0.2, -0.15) is 0 Å². The summed E-state index contributed by atoms with van der Waals surface area (Å²) in [6, 6.07) is 35.4. The average molecular weight is 533 g/mol. The van der Waals surface area contributed by atoms with Gasteiger partial charge in [0.25, 0.3) is 0 Å². The van der Waals surface area contributed by atoms with Gasteiger partial charge in [0, 0.05) is 22.6 Å². The summed E-state index contributed by atoms with van der Waals surface area (Å²) in [4.78, 5) is 9.83. The minimum Gasteiger partial charge on any atom is -0.271 e. The van der Waals surface area contributed by atoms with E-state index in [0.29, 0.717) is 0 Å². The van der Waals surface area contributed by atoms with Gasteiger partial charge < -0.3 is 0 Å². The molecule has 0 bridgehead atoms. The van der Waals surface area contributed by atoms with Gasteiger partial charge in [-0.25, -0.2) is 0 Å². The van der Waals surface area contributed by atoms with Crippen molar-refractivity contribution in [3.05, 3.63) is 108 Å². The predicted molar refractivity (Wildman–Crippen MR) is 169 cm³/mol. The van der Waals surface area contributed by atoms with Crippen LogP contribution >= 0.6 is 23.5 Å². The van der Waals surface area contributed by atoms with Crippen LogP contribution in [-0.2, 0) is 0 Å². The van der Waals surface area contributed by atoms with Gasteiger partial charge in [0.1, 0.15) is 0 Å². The molecule has 4 aromatic carbocycles. The van der Waals surface area contributed by atoms with Crippen molar-refractivity contribution in [2.75, 3.05) is 11.5 Å². The quantitative estimate of drug-likeness (QED) is 0.256. The molecule has 0 aromatic heterocycles. The molecule has 2 nitrogen and oxygen atoms in total. The van der Waals surface area contributed by atoms with E-state index in [-0.39, 0.29) is 11.1 Å². The van der Waals surface area contributed by atoms with Crippen LogP contribution in [0.4, 0.5) is 0 Å². The molecule has 0 atom stereocenters. The summed E-state index contributed by atoms with van der Waals surface area (Å²) in [5.41, 5.74) is 9.76. The average Bonchev–Trinajstić information content (AvgIpc) is 3.49. The molecular formula is C34H32N2S2. The Kier molecular flexibility index (Phi) is 6.57. The summed E-state index contributed by atoms with van der Waals surface area (Å²) in [5.74, 6) is 2.07. The molecule has 0 aliphatic carbocycles. The lowest BCUT2D eigenvalue weighted by molar-refractivity contribution is 0.605. The molecule has 38 heavy (non-hydrogen) atoms. The molecule has 0 amide bonds. The Bertz CT molecular complexity index is 1430. The standard InChI is InChI=1S/C34H32N2S2/c1-33(2)21-37-31(35-33)26-14-10-24(11-15-26)29-18-28(23-8-6-5-7-9-23)19-30(20-29)25-12-16-27(17-13-25)32-36-34(3,4)22-38-32/h5-20H,21-22H2,1-4H3. The Morgan fingerprint density at radius 2 is 0.789 bits per heavy atom. The summed E-state index contributed by atoms with van der Waals surface area (Å²) < 4.78 is 0. The van der Waals surface area contributed by atoms with Crippen LogP contribution in [0, 0.1) is 0 Å². The maximum Gasteiger partial charge on any atom is 0.0984 e. The largest absolute Gasteiger partial charge is 0.271 e. The molecule has 0 saturated carbocycles. The molecule has 4 heteroatoms. The summed E-state index contributed by atoms with van der Waals surface area (Å²) in [7, 11) is 0. The number of hydrogen-bond donors (Lipinski definition) is 0. The summed E-state index contributed by atoms with van der Waals surface area (Å²) >= 11 is 3.71. The van der Waals surface area contributed by atoms with Gasteiger partial charge in [0.2, 0.25) is 0 Å². The van der Waals surface area contributed by atoms with E-state index in [0.717, 1.165) is 21.6 Å². The number of aliphatic imine (C=N–C) groups is 2. The van der Waals surface area contributed by atoms with Crippen molar-refractivity contribution in [3.63, 3.8) is 0 Å². The van der Waals surface area contributed by atoms with Crippen molar-refractivity contribution in [1.29, 1.82) is 0 Å². The van der Waals surface area contributed by atoms with Gasteiger partial charge in [-0.1, -0.05) is 78.9 Å². The summed E-state index contributed by atoms with van der Waals surface area (Å²) in [6.07, 6.45) is 0. The third-order valence-corrected chi connectivity index (χ3v) is 9.81. The molecule has 0 saturated heterocycles. The Hall–Kier alpha value is -3.08. The zero-order valence-electron chi connectivity index (χ0n) is 22.4. The van der Waals surface area contributed by atoms with Crippen molar-refractivity contribution < 1.29 is 0 Å². The third-order valence-electron chi connectivity index (χ3n) is 6.90. The Labute approximate surface area is 234 Å². The molecular weight excluding hydrogens is 501 g/mol. The highest BCUT2D eigenvalue weighted by atomic mass is 32.2. The zero-order valence-corrected chi connectivity index (χ0v) is 24.0. The first-order chi connectivity index (χ1) is 18.2. The normalized spacial score (nSPS) is 17.8. The van der Waals surface area contributed by atoms with E-state index < -0.39 is 0 Å². The fourth-order valence-corrected chi connectivity index (χ4v) is 7.17. The van der Waals surface area contributed by atoms with Crippen LogP contribution in [0.5, 0.6) is 0 Å². The van der Waals surface area contributed by atoms with Gasteiger partial charge >= 0.3 is 0 Å². The minimum absolute atomic E-state index is 0.0202. The minimum atomic E-state index is 0.0202. The predicted octanol–water partition coefficient (Wildman–Crippen LogP) is 9.23. The topological polar surface area (TPSA) is 24.7 Å². The molecule has 6 rings (SSSR count). The molecule has 0 N–H and O–H groups in total. The molecule has 0 spiro atoms. The van der Waals surface area contributed by atoms with E-state index >= 15 is 0 Å². The maximum absolute atomic E-state index is 4.91. The fourth-order valence-electron chi connectivity index (χ4n) is 4.83. The fraction of sp³-hybridized carbons (Fsp3) is 0.235. The van der Waals surface area contributed by atoms with E-state index in [1.54, 1.807) is 0 Å². The van der Waals surface area contributed by atoms with Gasteiger partial charge in [0.15, 0.2) is 0 Å². The van der Waals surface area contributed by atoms with Crippen LogP contribution in [0.25, 0.3) is 33.4 Å². The van der Waals surface area contributed by atoms with Crippen molar-refractivity contribution in [3.8, 4) is 33.4 Å². The Morgan fingerprint density at radius 1 is 0.447 bits per heavy atom. The molecule has 0 radical (unpaired) electrons. The van der Waals surface area contributed by atoms with Crippen molar-refractivity contribution in [1.82, 2.24) is 0 Å². The van der Waals surface area contributed by atoms with Gasteiger partial charge in [0.05, 0.1) is 21.2 Å². The van der Waals surface area contributed by atoms with E-state index in [4.69, 9.17) is 9.98 Å². The van der Waals surface area contributed by atoms with Crippen LogP contribution in [-0.4, -0.2) is 32.7 Å². The van der Waals surface area contributed by atoms with Gasteiger partial charge in [-0.3, -0.25) is 9.98 Å². The molecule has 0 unspecified atom stereocenters. The lowest BCUT2D eigenvalue weighted by atomic mass is 9.93. The molecule has 2 aliphatic heterocycles. The van der Waals surface area contributed by atoms with Crippen LogP contribution in [0.1, 0.15) is 38.8 Å². The second-order valence-electron chi connectivity index (χ2n) is 11.4. The highest BCUT2D eigenvalue weighted by Crippen LogP contribution is 2.36. The number of thioether (sulfide) groups is 2. The number of hydrogen-bond acceptors (Lipinski definition) is 4. The van der Waals surface area contributed by atoms with E-state index in [1.165, 1.54) is 44.5 Å². The summed E-state index contributed by atoms with van der Waals surface area (Å²) in [5, 5.41) is 2.29. The number of rotatable bonds is 5. The second kappa shape index (κ2) is 9.91. The zero-order chi connectivity index (χ0) is 26.3. The van der Waals surface area contributed by atoms with E-state index in [2.05, 4.69) is 125 Å². The monoisotopic (exact) mass is 532 g/mol. The molecule has 2 heterocycles. The van der Waals surface area contributed by atoms with Gasteiger partial charge in [-0.05, 0) is 79.3 Å². The molecule has 4 aromatic rings. The van der Waals surface area contributed by atoms with Crippen molar-refractivity contribution in [2.24, 2.45) is 9.98 Å².